The zero-order valence-corrected chi connectivity index (χ0v) is 76.5. The highest BCUT2D eigenvalue weighted by molar-refractivity contribution is 9.10. The molecule has 33 nitrogen and oxygen atoms in total. The van der Waals surface area contributed by atoms with Crippen LogP contribution in [0.1, 0.15) is 107 Å². The number of Topliss-reactive ketones (excluding diaryl/α,β-unsaturated/α-hetero) is 1. The van der Waals surface area contributed by atoms with Crippen molar-refractivity contribution in [1.82, 2.24) is 49.3 Å². The van der Waals surface area contributed by atoms with Crippen LogP contribution in [0, 0.1) is 47.4 Å². The van der Waals surface area contributed by atoms with Gasteiger partial charge < -0.3 is 5.11 Å². The summed E-state index contributed by atoms with van der Waals surface area (Å²) in [6.07, 6.45) is 23.5. The van der Waals surface area contributed by atoms with E-state index in [1.165, 1.54) is 164 Å². The van der Waals surface area contributed by atoms with E-state index in [-0.39, 0.29) is 40.9 Å². The van der Waals surface area contributed by atoms with Crippen LogP contribution < -0.4 is 49.3 Å². The van der Waals surface area contributed by atoms with Gasteiger partial charge in [-0.1, -0.05) is 251 Å². The summed E-state index contributed by atoms with van der Waals surface area (Å²) in [5.41, 5.74) is 24.4. The Balaban J connectivity index is 0.000000322. The molecule has 11 aromatic rings. The first kappa shape index (κ1) is 114. The van der Waals surface area contributed by atoms with Gasteiger partial charge in [-0.15, -0.1) is 11.3 Å². The maximum Gasteiger partial charge on any atom is 0.307 e. The smallest absolute Gasteiger partial charge is 0.307 e. The molecule has 13 rings (SSSR count). The Hall–Kier alpha value is -16.1. The number of rotatable bonds is 24. The lowest BCUT2D eigenvalue weighted by atomic mass is 10.0. The van der Waals surface area contributed by atoms with Gasteiger partial charge in [-0.2, -0.15) is 0 Å². The number of halogens is 4. The van der Waals surface area contributed by atoms with Crippen molar-refractivity contribution in [2.24, 2.45) is 11.8 Å². The van der Waals surface area contributed by atoms with E-state index in [9.17, 15) is 71.6 Å². The van der Waals surface area contributed by atoms with Gasteiger partial charge in [0.15, 0.2) is 5.78 Å². The Morgan fingerprint density at radius 3 is 1.26 bits per heavy atom. The average molecular weight is 1990 g/mol. The maximum atomic E-state index is 12.9. The second kappa shape index (κ2) is 65.5. The van der Waals surface area contributed by atoms with E-state index in [0.29, 0.717) is 46.0 Å². The zero-order valence-electron chi connectivity index (χ0n) is 73.3. The fourth-order valence-corrected chi connectivity index (χ4v) is 12.3. The monoisotopic (exact) mass is 1990 g/mol. The molecular weight excluding hydrogens is 1890 g/mol. The van der Waals surface area contributed by atoms with Crippen LogP contribution >= 0.6 is 38.9 Å². The minimum atomic E-state index is -0.732. The van der Waals surface area contributed by atoms with Gasteiger partial charge >= 0.3 is 5.97 Å². The van der Waals surface area contributed by atoms with Gasteiger partial charge in [-0.05, 0) is 185 Å². The number of aliphatic carboxylic acids is 1. The SMILES string of the molecule is Cc1cccc(/C=C/C(=O)NO)c1.Cc1ccccc1/C=C/C(=O)NO.O=C(/C=C/c1cccc(F)c1)NO.O=C(/C=C/c1cccc([N+](=O)[O-])c1)NO.O=C(/C=C/c1ccccc1Br)NO.O=C(/C=C/c1ccccc1Cl)NO.O=C(/C=C/c1ccccc1F)NO.O=C(/C=C/c1cccs1)NO.O=C(Cc1ccccc1)c1ccc(C2CC2C(=O)O)cc1.O=C(NO)C1CC1c1ccccc1. The van der Waals surface area contributed by atoms with Crippen LogP contribution in [0.5, 0.6) is 0 Å². The first-order chi connectivity index (χ1) is 66.3. The number of amides is 9. The molecular formula is C100H96BrClF2N10O23S. The Morgan fingerprint density at radius 1 is 0.406 bits per heavy atom. The molecule has 38 heteroatoms. The third-order valence-electron chi connectivity index (χ3n) is 18.1. The number of carbonyl (C=O) groups excluding carboxylic acids is 10. The molecule has 2 aliphatic carbocycles. The molecule has 0 bridgehead atoms. The molecule has 0 spiro atoms. The number of nitro groups is 1. The van der Waals surface area contributed by atoms with Gasteiger partial charge in [0.05, 0.1) is 10.8 Å². The number of aryl methyl sites for hydroxylation is 2. The zero-order chi connectivity index (χ0) is 102. The van der Waals surface area contributed by atoms with Gasteiger partial charge in [0.1, 0.15) is 11.6 Å². The number of hydrogen-bond acceptors (Lipinski definition) is 23. The minimum absolute atomic E-state index is 0.0348. The van der Waals surface area contributed by atoms with Crippen LogP contribution in [0.25, 0.3) is 48.6 Å². The molecule has 138 heavy (non-hydrogen) atoms. The van der Waals surface area contributed by atoms with Crippen molar-refractivity contribution in [3.8, 4) is 0 Å². The summed E-state index contributed by atoms with van der Waals surface area (Å²) in [5.74, 6) is -6.31. The standard InChI is InChI=1S/C18H16O3.3C10H11NO2.C9H8BrNO2.C9H8ClNO2.2C9H8FNO2.C9H8N2O4.C7H7NO2S/c19-17(10-12-4-2-1-3-5-12)14-8-6-13(7-9-14)15-11-16(15)18(20)21;12-10(11-13)9-6-8(9)7-4-2-1-3-5-7;1-8-3-2-4-9(7-8)5-6-10(12)11-13;1-8-4-2-3-5-9(8)6-7-10(12)11-13;2*10-8-4-2-1-3-7(8)5-6-9(12)11-13;10-8-3-1-2-7(6-8)4-5-9(12)11-13;10-8-4-2-1-3-7(8)5-6-9(12)11-13;12-9(10-13)5-4-7-2-1-3-8(6-7)11(14)15;9-7(8-10)4-3-6-2-1-5-11-6/h1-9,15-16H,10-11H2,(H,20,21);1-5,8-9,13H,6H2,(H,11,12);2*2-7,13H,1H3,(H,11,12);4*1-6,13H,(H,11,12);1-6,13H,(H,10,12);1-5,10H,(H,8,9)/b;;6-5+;7-6+;2*6-5+;5-4+;6-5+;5-4+;4-3+. The number of carboxylic acid groups (broad SMARTS) is 1. The first-order valence-corrected chi connectivity index (χ1v) is 42.6. The van der Waals surface area contributed by atoms with Gasteiger partial charge in [0.2, 0.25) is 5.91 Å². The number of benzene rings is 10. The van der Waals surface area contributed by atoms with E-state index < -0.39 is 64.0 Å². The van der Waals surface area contributed by atoms with Gasteiger partial charge in [-0.25, -0.2) is 58.1 Å². The number of nitrogens with one attached hydrogen (secondary N) is 9. The van der Waals surface area contributed by atoms with Gasteiger partial charge in [0.25, 0.3) is 52.9 Å². The van der Waals surface area contributed by atoms with E-state index in [1.54, 1.807) is 84.4 Å². The second-order valence-electron chi connectivity index (χ2n) is 28.1. The van der Waals surface area contributed by atoms with E-state index in [1.807, 2.05) is 183 Å². The van der Waals surface area contributed by atoms with Crippen molar-refractivity contribution in [2.45, 2.75) is 44.9 Å². The van der Waals surface area contributed by atoms with Gasteiger partial charge in [0, 0.05) is 98.6 Å². The molecule has 2 fully saturated rings. The lowest BCUT2D eigenvalue weighted by Crippen LogP contribution is -2.20. The molecule has 1 aromatic heterocycles. The molecule has 718 valence electrons. The third kappa shape index (κ3) is 47.5. The number of ketones is 1. The largest absolute Gasteiger partial charge is 0.481 e. The quantitative estimate of drug-likeness (QED) is 0.00878. The Kier molecular flexibility index (Phi) is 54.2. The summed E-state index contributed by atoms with van der Waals surface area (Å²) >= 11 is 10.7. The number of hydrogen-bond donors (Lipinski definition) is 19. The predicted molar refractivity (Wildman–Crippen MR) is 516 cm³/mol. The molecule has 2 saturated carbocycles. The van der Waals surface area contributed by atoms with Crippen LogP contribution in [-0.4, -0.2) is 122 Å². The van der Waals surface area contributed by atoms with Crippen LogP contribution in [0.4, 0.5) is 14.5 Å². The minimum Gasteiger partial charge on any atom is -0.481 e. The van der Waals surface area contributed by atoms with E-state index in [4.69, 9.17) is 63.6 Å². The van der Waals surface area contributed by atoms with Crippen molar-refractivity contribution in [2.75, 3.05) is 0 Å². The number of carboxylic acids is 1. The number of thiophene rings is 1. The normalized spacial score (nSPS) is 13.2. The highest BCUT2D eigenvalue weighted by Crippen LogP contribution is 2.48. The van der Waals surface area contributed by atoms with Crippen molar-refractivity contribution in [3.63, 3.8) is 0 Å². The second-order valence-corrected chi connectivity index (χ2v) is 30.3. The maximum absolute atomic E-state index is 12.9. The molecule has 10 aromatic carbocycles. The van der Waals surface area contributed by atoms with Crippen molar-refractivity contribution >= 4 is 158 Å². The Bertz CT molecular complexity index is 5720. The third-order valence-corrected chi connectivity index (χ3v) is 20.0. The summed E-state index contributed by atoms with van der Waals surface area (Å²) in [7, 11) is 0. The molecule has 0 aliphatic heterocycles. The van der Waals surface area contributed by atoms with Gasteiger partial charge in [-0.3, -0.25) is 110 Å². The van der Waals surface area contributed by atoms with Crippen LogP contribution in [0.2, 0.25) is 5.02 Å². The Labute approximate surface area is 807 Å². The lowest BCUT2D eigenvalue weighted by molar-refractivity contribution is -0.384. The van der Waals surface area contributed by atoms with Crippen LogP contribution in [0.3, 0.4) is 0 Å². The van der Waals surface area contributed by atoms with E-state index in [0.717, 1.165) is 78.5 Å². The van der Waals surface area contributed by atoms with Crippen LogP contribution in [-0.2, 0) is 54.4 Å². The lowest BCUT2D eigenvalue weighted by Gasteiger charge is -2.03. The highest BCUT2D eigenvalue weighted by Gasteiger charge is 2.44. The van der Waals surface area contributed by atoms with Crippen molar-refractivity contribution < 1.29 is 118 Å². The molecule has 4 atom stereocenters. The molecule has 0 radical (unpaired) electrons. The van der Waals surface area contributed by atoms with E-state index >= 15 is 0 Å². The summed E-state index contributed by atoms with van der Waals surface area (Å²) in [4.78, 5) is 130. The topological polar surface area (TPSA) is 541 Å². The summed E-state index contributed by atoms with van der Waals surface area (Å²) in [5, 5.41) is 95.7. The fourth-order valence-electron chi connectivity index (χ4n) is 11.0. The number of non-ortho nitro benzene ring substituents is 1. The number of nitro benzene ring substituents is 1. The van der Waals surface area contributed by atoms with Crippen molar-refractivity contribution in [3.05, 3.63) is 429 Å². The predicted octanol–water partition coefficient (Wildman–Crippen LogP) is 16.5. The molecule has 4 unspecified atom stereocenters. The number of carbonyl (C=O) groups is 11. The molecule has 1 heterocycles. The highest BCUT2D eigenvalue weighted by atomic mass is 79.9. The van der Waals surface area contributed by atoms with Crippen LogP contribution in [0.15, 0.2) is 325 Å². The number of hydroxylamine groups is 9. The Morgan fingerprint density at radius 2 is 0.804 bits per heavy atom. The summed E-state index contributed by atoms with van der Waals surface area (Å²) < 4.78 is 26.4. The summed E-state index contributed by atoms with van der Waals surface area (Å²) in [6, 6.07) is 78.2. The number of nitrogens with zero attached hydrogens (tertiary/aromatic N) is 1. The fraction of sp³-hybridized carbons (Fsp3) is 0.0900. The average Bonchev–Trinajstić information content (AvgIpc) is 1.64. The van der Waals surface area contributed by atoms with E-state index in [2.05, 4.69) is 15.9 Å². The molecule has 2 aliphatic rings. The molecule has 19 N–H and O–H groups in total. The summed E-state index contributed by atoms with van der Waals surface area (Å²) in [6.45, 7) is 3.93. The molecule has 0 saturated heterocycles. The van der Waals surface area contributed by atoms with Crippen molar-refractivity contribution in [1.29, 1.82) is 0 Å². The molecule has 9 amide bonds. The first-order valence-electron chi connectivity index (χ1n) is 40.6.